The number of fused-ring (bicyclic) bond motifs is 1. The summed E-state index contributed by atoms with van der Waals surface area (Å²) in [6.45, 7) is 1.29. The number of nitrogens with one attached hydrogen (secondary N) is 2. The van der Waals surface area contributed by atoms with Crippen molar-refractivity contribution in [2.45, 2.75) is 50.2 Å². The Bertz CT molecular complexity index is 1030. The second-order valence-corrected chi connectivity index (χ2v) is 10.8. The van der Waals surface area contributed by atoms with E-state index in [1.807, 2.05) is 6.20 Å². The molecule has 2 atom stereocenters. The first-order valence-electron chi connectivity index (χ1n) is 11.2. The molecule has 2 heterocycles. The summed E-state index contributed by atoms with van der Waals surface area (Å²) in [4.78, 5) is 13.6. The average molecular weight is 465 g/mol. The van der Waals surface area contributed by atoms with Crippen LogP contribution < -0.4 is 4.72 Å². The first kappa shape index (κ1) is 23.0. The Labute approximate surface area is 188 Å². The summed E-state index contributed by atoms with van der Waals surface area (Å²) in [5.74, 6) is 0.400. The molecule has 1 aliphatic carbocycles. The summed E-state index contributed by atoms with van der Waals surface area (Å²) in [6.07, 6.45) is 7.36. The van der Waals surface area contributed by atoms with Crippen LogP contribution in [0, 0.1) is 5.92 Å². The number of rotatable bonds is 6. The van der Waals surface area contributed by atoms with Gasteiger partial charge in [0, 0.05) is 30.4 Å². The molecule has 0 spiro atoms. The lowest BCUT2D eigenvalue weighted by atomic mass is 9.82. The Morgan fingerprint density at radius 1 is 1.25 bits per heavy atom. The van der Waals surface area contributed by atoms with Crippen LogP contribution in [-0.2, 0) is 19.5 Å². The Kier molecular flexibility index (Phi) is 7.02. The van der Waals surface area contributed by atoms with Gasteiger partial charge in [-0.2, -0.15) is 5.10 Å². The van der Waals surface area contributed by atoms with Gasteiger partial charge in [-0.1, -0.05) is 6.07 Å². The number of amides is 1. The molecular formula is C22H32N4O5S. The van der Waals surface area contributed by atoms with Crippen molar-refractivity contribution in [3.8, 4) is 0 Å². The standard InChI is InChI=1S/C22H32N4O5S/c1-30-22(27)26-10-9-21(25-32(2,28)29)18(13-26)14-31-19-6-3-15(4-7-19)16-5-8-20-17(11-16)12-23-24-20/h5,8,11-12,15,18-19,21,25H,3-4,6-7,9-10,13-14H2,1-2H3,(H,23,24)/t15-,18-,19+,21-/m0/s1. The lowest BCUT2D eigenvalue weighted by Crippen LogP contribution is -2.53. The van der Waals surface area contributed by atoms with Crippen LogP contribution in [0.15, 0.2) is 24.4 Å². The smallest absolute Gasteiger partial charge is 0.409 e. The maximum absolute atomic E-state index is 12.0. The molecule has 10 heteroatoms. The zero-order valence-electron chi connectivity index (χ0n) is 18.6. The van der Waals surface area contributed by atoms with Crippen LogP contribution in [0.3, 0.4) is 0 Å². The number of hydrogen-bond donors (Lipinski definition) is 2. The van der Waals surface area contributed by atoms with E-state index in [0.717, 1.165) is 36.6 Å². The Hall–Kier alpha value is -2.17. The van der Waals surface area contributed by atoms with E-state index in [2.05, 4.69) is 33.1 Å². The zero-order chi connectivity index (χ0) is 22.7. The van der Waals surface area contributed by atoms with Crippen LogP contribution in [0.1, 0.15) is 43.6 Å². The minimum Gasteiger partial charge on any atom is -0.453 e. The number of carbonyl (C=O) groups is 1. The number of piperidine rings is 1. The minimum absolute atomic E-state index is 0.112. The SMILES string of the molecule is COC(=O)N1CC[C@H](NS(C)(=O)=O)[C@H](CO[C@H]2CC[C@@H](c3ccc4[nH]ncc4c3)CC2)C1. The Balaban J connectivity index is 1.32. The third-order valence-electron chi connectivity index (χ3n) is 6.69. The highest BCUT2D eigenvalue weighted by molar-refractivity contribution is 7.88. The van der Waals surface area contributed by atoms with Crippen molar-refractivity contribution in [1.29, 1.82) is 0 Å². The summed E-state index contributed by atoms with van der Waals surface area (Å²) in [5, 5.41) is 8.23. The molecule has 0 unspecified atom stereocenters. The molecule has 9 nitrogen and oxygen atoms in total. The van der Waals surface area contributed by atoms with Crippen LogP contribution >= 0.6 is 0 Å². The van der Waals surface area contributed by atoms with Gasteiger partial charge in [-0.05, 0) is 55.7 Å². The van der Waals surface area contributed by atoms with E-state index in [4.69, 9.17) is 9.47 Å². The summed E-state index contributed by atoms with van der Waals surface area (Å²) < 4.78 is 37.4. The monoisotopic (exact) mass is 464 g/mol. The highest BCUT2D eigenvalue weighted by atomic mass is 32.2. The van der Waals surface area contributed by atoms with Gasteiger partial charge in [0.25, 0.3) is 0 Å². The summed E-state index contributed by atoms with van der Waals surface area (Å²) in [7, 11) is -1.98. The fourth-order valence-electron chi connectivity index (χ4n) is 4.96. The lowest BCUT2D eigenvalue weighted by Gasteiger charge is -2.38. The van der Waals surface area contributed by atoms with Crippen LogP contribution in [0.4, 0.5) is 4.79 Å². The number of H-pyrrole nitrogens is 1. The quantitative estimate of drug-likeness (QED) is 0.679. The van der Waals surface area contributed by atoms with Crippen molar-refractivity contribution in [2.24, 2.45) is 5.92 Å². The van der Waals surface area contributed by atoms with E-state index in [1.165, 1.54) is 18.9 Å². The normalized spacial score (nSPS) is 26.9. The fraction of sp³-hybridized carbons (Fsp3) is 0.636. The van der Waals surface area contributed by atoms with Gasteiger partial charge in [0.05, 0.1) is 37.8 Å². The maximum atomic E-state index is 12.0. The first-order valence-corrected chi connectivity index (χ1v) is 13.1. The Morgan fingerprint density at radius 3 is 2.75 bits per heavy atom. The van der Waals surface area contributed by atoms with Crippen molar-refractivity contribution in [3.05, 3.63) is 30.0 Å². The van der Waals surface area contributed by atoms with Crippen LogP contribution in [0.5, 0.6) is 0 Å². The highest BCUT2D eigenvalue weighted by Crippen LogP contribution is 2.35. The predicted molar refractivity (Wildman–Crippen MR) is 121 cm³/mol. The predicted octanol–water partition coefficient (Wildman–Crippen LogP) is 2.61. The van der Waals surface area contributed by atoms with Gasteiger partial charge < -0.3 is 14.4 Å². The summed E-state index contributed by atoms with van der Waals surface area (Å²) >= 11 is 0. The van der Waals surface area contributed by atoms with Crippen LogP contribution in [0.25, 0.3) is 10.9 Å². The number of aromatic nitrogens is 2. The number of aromatic amines is 1. The van der Waals surface area contributed by atoms with Gasteiger partial charge in [-0.3, -0.25) is 5.10 Å². The molecule has 2 aliphatic rings. The van der Waals surface area contributed by atoms with Crippen molar-refractivity contribution < 1.29 is 22.7 Å². The van der Waals surface area contributed by atoms with Gasteiger partial charge in [0.1, 0.15) is 0 Å². The molecule has 2 aromatic rings. The van der Waals surface area contributed by atoms with E-state index < -0.39 is 10.0 Å². The fourth-order valence-corrected chi connectivity index (χ4v) is 5.82. The highest BCUT2D eigenvalue weighted by Gasteiger charge is 2.34. The molecule has 0 radical (unpaired) electrons. The van der Waals surface area contributed by atoms with Crippen molar-refractivity contribution in [3.63, 3.8) is 0 Å². The van der Waals surface area contributed by atoms with Gasteiger partial charge >= 0.3 is 6.09 Å². The first-order chi connectivity index (χ1) is 15.3. The molecule has 0 bridgehead atoms. The van der Waals surface area contributed by atoms with E-state index in [9.17, 15) is 13.2 Å². The second kappa shape index (κ2) is 9.76. The number of carbonyl (C=O) groups excluding carboxylic acids is 1. The summed E-state index contributed by atoms with van der Waals surface area (Å²) in [5.41, 5.74) is 2.40. The molecule has 1 aromatic heterocycles. The summed E-state index contributed by atoms with van der Waals surface area (Å²) in [6, 6.07) is 6.24. The number of sulfonamides is 1. The molecule has 1 amide bonds. The van der Waals surface area contributed by atoms with E-state index in [0.29, 0.717) is 32.0 Å². The van der Waals surface area contributed by atoms with E-state index in [1.54, 1.807) is 4.90 Å². The number of likely N-dealkylation sites (tertiary alicyclic amines) is 1. The number of methoxy groups -OCH3 is 1. The minimum atomic E-state index is -3.34. The van der Waals surface area contributed by atoms with Gasteiger partial charge in [0.2, 0.25) is 10.0 Å². The molecule has 2 N–H and O–H groups in total. The number of ether oxygens (including phenoxy) is 2. The molecule has 1 aromatic carbocycles. The topological polar surface area (TPSA) is 114 Å². The molecule has 1 aliphatic heterocycles. The largest absolute Gasteiger partial charge is 0.453 e. The molecule has 1 saturated carbocycles. The van der Waals surface area contributed by atoms with Crippen molar-refractivity contribution in [2.75, 3.05) is 33.1 Å². The third-order valence-corrected chi connectivity index (χ3v) is 7.42. The average Bonchev–Trinajstić information content (AvgIpc) is 3.25. The van der Waals surface area contributed by atoms with Gasteiger partial charge in [0.15, 0.2) is 0 Å². The van der Waals surface area contributed by atoms with Gasteiger partial charge in [-0.15, -0.1) is 0 Å². The van der Waals surface area contributed by atoms with Gasteiger partial charge in [-0.25, -0.2) is 17.9 Å². The Morgan fingerprint density at radius 2 is 2.03 bits per heavy atom. The molecule has 4 rings (SSSR count). The van der Waals surface area contributed by atoms with Crippen LogP contribution in [0.2, 0.25) is 0 Å². The lowest BCUT2D eigenvalue weighted by molar-refractivity contribution is -0.0158. The van der Waals surface area contributed by atoms with E-state index in [-0.39, 0.29) is 24.2 Å². The molecule has 1 saturated heterocycles. The molecule has 32 heavy (non-hydrogen) atoms. The number of hydrogen-bond acceptors (Lipinski definition) is 6. The van der Waals surface area contributed by atoms with Crippen molar-refractivity contribution >= 4 is 27.0 Å². The maximum Gasteiger partial charge on any atom is 0.409 e. The van der Waals surface area contributed by atoms with E-state index >= 15 is 0 Å². The zero-order valence-corrected chi connectivity index (χ0v) is 19.4. The molecular weight excluding hydrogens is 432 g/mol. The van der Waals surface area contributed by atoms with Crippen LogP contribution in [-0.4, -0.2) is 74.8 Å². The number of nitrogens with zero attached hydrogens (tertiary/aromatic N) is 2. The second-order valence-electron chi connectivity index (χ2n) is 8.98. The van der Waals surface area contributed by atoms with Crippen molar-refractivity contribution in [1.82, 2.24) is 19.8 Å². The molecule has 2 fully saturated rings. The number of benzene rings is 1. The third kappa shape index (κ3) is 5.60. The molecule has 176 valence electrons.